The molecule has 17 heavy (non-hydrogen) atoms. The summed E-state index contributed by atoms with van der Waals surface area (Å²) in [6, 6.07) is 0.643. The molecular formula is C14H28N2O. The second-order valence-corrected chi connectivity index (χ2v) is 5.15. The summed E-state index contributed by atoms with van der Waals surface area (Å²) in [6.07, 6.45) is 5.41. The van der Waals surface area contributed by atoms with Crippen LogP contribution in [0.2, 0.25) is 0 Å². The largest absolute Gasteiger partial charge is 0.318 e. The van der Waals surface area contributed by atoms with E-state index in [9.17, 15) is 4.79 Å². The maximum Gasteiger partial charge on any atom is 0.136 e. The van der Waals surface area contributed by atoms with Crippen molar-refractivity contribution in [2.45, 2.75) is 52.0 Å². The van der Waals surface area contributed by atoms with Crippen molar-refractivity contribution >= 4 is 5.78 Å². The van der Waals surface area contributed by atoms with Gasteiger partial charge in [0.25, 0.3) is 0 Å². The molecule has 3 heteroatoms. The number of carbonyl (C=O) groups is 1. The highest BCUT2D eigenvalue weighted by Gasteiger charge is 2.27. The third-order valence-electron chi connectivity index (χ3n) is 3.83. The van der Waals surface area contributed by atoms with Crippen LogP contribution in [0.25, 0.3) is 0 Å². The highest BCUT2D eigenvalue weighted by molar-refractivity contribution is 5.80. The lowest BCUT2D eigenvalue weighted by molar-refractivity contribution is -0.123. The highest BCUT2D eigenvalue weighted by atomic mass is 16.1. The molecule has 0 bridgehead atoms. The Balaban J connectivity index is 2.50. The minimum atomic E-state index is 0.266. The quantitative estimate of drug-likeness (QED) is 0.705. The molecule has 1 saturated heterocycles. The van der Waals surface area contributed by atoms with Gasteiger partial charge in [0.15, 0.2) is 0 Å². The first-order valence-corrected chi connectivity index (χ1v) is 7.14. The van der Waals surface area contributed by atoms with Crippen LogP contribution in [0.15, 0.2) is 0 Å². The van der Waals surface area contributed by atoms with E-state index < -0.39 is 0 Å². The number of likely N-dealkylation sites (N-methyl/N-ethyl adjacent to an activating group) is 1. The Labute approximate surface area is 106 Å². The summed E-state index contributed by atoms with van der Waals surface area (Å²) < 4.78 is 0. The van der Waals surface area contributed by atoms with Gasteiger partial charge >= 0.3 is 0 Å². The van der Waals surface area contributed by atoms with Gasteiger partial charge in [-0.15, -0.1) is 0 Å². The summed E-state index contributed by atoms with van der Waals surface area (Å²) in [6.45, 7) is 7.36. The second kappa shape index (κ2) is 7.83. The van der Waals surface area contributed by atoms with Crippen molar-refractivity contribution in [1.82, 2.24) is 10.2 Å². The number of likely N-dealkylation sites (tertiary alicyclic amines) is 1. The lowest BCUT2D eigenvalue weighted by Gasteiger charge is -2.28. The Morgan fingerprint density at radius 3 is 2.82 bits per heavy atom. The maximum absolute atomic E-state index is 11.9. The minimum Gasteiger partial charge on any atom is -0.318 e. The Kier molecular flexibility index (Phi) is 6.75. The van der Waals surface area contributed by atoms with Crippen LogP contribution in [0, 0.1) is 5.92 Å². The molecular weight excluding hydrogens is 212 g/mol. The first kappa shape index (κ1) is 14.7. The first-order chi connectivity index (χ1) is 8.22. The number of Topliss-reactive ketones (excluding diaryl/α,β-unsaturated/α-hetero) is 1. The predicted molar refractivity (Wildman–Crippen MR) is 72.2 cm³/mol. The molecule has 0 radical (unpaired) electrons. The average Bonchev–Trinajstić information content (AvgIpc) is 2.76. The second-order valence-electron chi connectivity index (χ2n) is 5.15. The summed E-state index contributed by atoms with van der Waals surface area (Å²) in [5.41, 5.74) is 0. The van der Waals surface area contributed by atoms with E-state index in [4.69, 9.17) is 0 Å². The van der Waals surface area contributed by atoms with Crippen molar-refractivity contribution in [3.05, 3.63) is 0 Å². The van der Waals surface area contributed by atoms with Gasteiger partial charge in [-0.05, 0) is 32.9 Å². The Bertz CT molecular complexity index is 230. The van der Waals surface area contributed by atoms with Crippen LogP contribution < -0.4 is 5.32 Å². The normalized spacial score (nSPS) is 22.9. The molecule has 3 nitrogen and oxygen atoms in total. The molecule has 1 aliphatic rings. The standard InChI is InChI=1S/C14H28N2O/c1-4-7-12(14(17)5-2)11-16-9-6-8-13(16)10-15-3/h12-13,15H,4-11H2,1-3H3. The van der Waals surface area contributed by atoms with E-state index >= 15 is 0 Å². The molecule has 0 spiro atoms. The van der Waals surface area contributed by atoms with Crippen molar-refractivity contribution in [2.24, 2.45) is 5.92 Å². The molecule has 1 heterocycles. The number of hydrogen-bond acceptors (Lipinski definition) is 3. The van der Waals surface area contributed by atoms with Gasteiger partial charge < -0.3 is 5.32 Å². The molecule has 0 amide bonds. The molecule has 1 fully saturated rings. The van der Waals surface area contributed by atoms with E-state index in [0.29, 0.717) is 18.2 Å². The molecule has 100 valence electrons. The number of hydrogen-bond donors (Lipinski definition) is 1. The number of rotatable bonds is 8. The molecule has 0 aliphatic carbocycles. The molecule has 1 N–H and O–H groups in total. The number of nitrogens with one attached hydrogen (secondary N) is 1. The van der Waals surface area contributed by atoms with Crippen molar-refractivity contribution in [3.63, 3.8) is 0 Å². The van der Waals surface area contributed by atoms with Crippen LogP contribution in [0.5, 0.6) is 0 Å². The molecule has 1 aliphatic heterocycles. The zero-order valence-electron chi connectivity index (χ0n) is 11.7. The fraction of sp³-hybridized carbons (Fsp3) is 0.929. The van der Waals surface area contributed by atoms with Crippen molar-refractivity contribution in [1.29, 1.82) is 0 Å². The SMILES string of the molecule is CCCC(CN1CCCC1CNC)C(=O)CC. The van der Waals surface area contributed by atoms with E-state index in [0.717, 1.165) is 25.9 Å². The van der Waals surface area contributed by atoms with Gasteiger partial charge in [0.2, 0.25) is 0 Å². The molecule has 0 aromatic heterocycles. The number of carbonyl (C=O) groups excluding carboxylic acids is 1. The molecule has 0 aromatic rings. The summed E-state index contributed by atoms with van der Waals surface area (Å²) in [4.78, 5) is 14.4. The van der Waals surface area contributed by atoms with Crippen LogP contribution in [0.4, 0.5) is 0 Å². The van der Waals surface area contributed by atoms with Crippen LogP contribution >= 0.6 is 0 Å². The van der Waals surface area contributed by atoms with Crippen molar-refractivity contribution < 1.29 is 4.79 Å². The zero-order valence-corrected chi connectivity index (χ0v) is 11.7. The molecule has 2 atom stereocenters. The van der Waals surface area contributed by atoms with Gasteiger partial charge in [-0.25, -0.2) is 0 Å². The topological polar surface area (TPSA) is 32.3 Å². The monoisotopic (exact) mass is 240 g/mol. The predicted octanol–water partition coefficient (Wildman–Crippen LogP) is 2.07. The van der Waals surface area contributed by atoms with Gasteiger partial charge in [0.05, 0.1) is 0 Å². The lowest BCUT2D eigenvalue weighted by Crippen LogP contribution is -2.41. The summed E-state index contributed by atoms with van der Waals surface area (Å²) in [7, 11) is 2.01. The summed E-state index contributed by atoms with van der Waals surface area (Å²) in [5, 5.41) is 3.26. The van der Waals surface area contributed by atoms with Crippen molar-refractivity contribution in [2.75, 3.05) is 26.7 Å². The van der Waals surface area contributed by atoms with Gasteiger partial charge in [-0.2, -0.15) is 0 Å². The summed E-state index contributed by atoms with van der Waals surface area (Å²) >= 11 is 0. The fourth-order valence-electron chi connectivity index (χ4n) is 2.88. The molecule has 0 aromatic carbocycles. The van der Waals surface area contributed by atoms with Crippen LogP contribution in [-0.4, -0.2) is 43.4 Å². The molecule has 2 unspecified atom stereocenters. The zero-order chi connectivity index (χ0) is 12.7. The highest BCUT2D eigenvalue weighted by Crippen LogP contribution is 2.21. The van der Waals surface area contributed by atoms with E-state index in [1.165, 1.54) is 19.4 Å². The smallest absolute Gasteiger partial charge is 0.136 e. The Morgan fingerprint density at radius 2 is 2.24 bits per heavy atom. The maximum atomic E-state index is 11.9. The fourth-order valence-corrected chi connectivity index (χ4v) is 2.88. The minimum absolute atomic E-state index is 0.266. The van der Waals surface area contributed by atoms with Crippen LogP contribution in [0.3, 0.4) is 0 Å². The third-order valence-corrected chi connectivity index (χ3v) is 3.83. The number of nitrogens with zero attached hydrogens (tertiary/aromatic N) is 1. The Morgan fingerprint density at radius 1 is 1.47 bits per heavy atom. The molecule has 1 rings (SSSR count). The van der Waals surface area contributed by atoms with Gasteiger partial charge in [-0.3, -0.25) is 9.69 Å². The van der Waals surface area contributed by atoms with Crippen molar-refractivity contribution in [3.8, 4) is 0 Å². The first-order valence-electron chi connectivity index (χ1n) is 7.14. The average molecular weight is 240 g/mol. The lowest BCUT2D eigenvalue weighted by atomic mass is 9.96. The number of ketones is 1. The van der Waals surface area contributed by atoms with E-state index in [1.54, 1.807) is 0 Å². The summed E-state index contributed by atoms with van der Waals surface area (Å²) in [5.74, 6) is 0.712. The van der Waals surface area contributed by atoms with Crippen LogP contribution in [-0.2, 0) is 4.79 Å². The van der Waals surface area contributed by atoms with Gasteiger partial charge in [-0.1, -0.05) is 20.3 Å². The van der Waals surface area contributed by atoms with E-state index in [1.807, 2.05) is 14.0 Å². The van der Waals surface area contributed by atoms with Crippen LogP contribution in [0.1, 0.15) is 46.0 Å². The molecule has 0 saturated carbocycles. The van der Waals surface area contributed by atoms with E-state index in [-0.39, 0.29) is 5.92 Å². The Hall–Kier alpha value is -0.410. The van der Waals surface area contributed by atoms with Gasteiger partial charge in [0, 0.05) is 31.5 Å². The van der Waals surface area contributed by atoms with Gasteiger partial charge in [0.1, 0.15) is 5.78 Å². The third kappa shape index (κ3) is 4.40. The van der Waals surface area contributed by atoms with E-state index in [2.05, 4.69) is 17.1 Å².